The molecule has 8 heteroatoms. The molecule has 1 aliphatic heterocycles. The first-order valence-corrected chi connectivity index (χ1v) is 7.74. The monoisotopic (exact) mass is 362 g/mol. The van der Waals surface area contributed by atoms with Gasteiger partial charge in [-0.15, -0.1) is 11.3 Å². The van der Waals surface area contributed by atoms with Crippen LogP contribution in [0.3, 0.4) is 0 Å². The Bertz CT molecular complexity index is 499. The first-order chi connectivity index (χ1) is 9.52. The minimum absolute atomic E-state index is 0.00756. The fourth-order valence-corrected chi connectivity index (χ4v) is 3.42. The molecule has 0 bridgehead atoms. The molecule has 3 N–H and O–H groups in total. The predicted molar refractivity (Wildman–Crippen MR) is 78.1 cm³/mol. The van der Waals surface area contributed by atoms with E-state index >= 15 is 0 Å². The molecular formula is C12H15BrN2O4S. The number of nitrogens with one attached hydrogen (secondary N) is 2. The maximum absolute atomic E-state index is 11.8. The van der Waals surface area contributed by atoms with Crippen LogP contribution >= 0.6 is 27.3 Å². The van der Waals surface area contributed by atoms with Crippen molar-refractivity contribution in [2.75, 3.05) is 19.8 Å². The summed E-state index contributed by atoms with van der Waals surface area (Å²) in [4.78, 5) is 24.1. The van der Waals surface area contributed by atoms with Gasteiger partial charge in [-0.25, -0.2) is 9.59 Å². The van der Waals surface area contributed by atoms with Gasteiger partial charge in [0.15, 0.2) is 5.54 Å². The second kappa shape index (κ2) is 6.55. The highest BCUT2D eigenvalue weighted by molar-refractivity contribution is 9.11. The second-order valence-electron chi connectivity index (χ2n) is 4.53. The molecule has 0 radical (unpaired) electrons. The quantitative estimate of drug-likeness (QED) is 0.742. The van der Waals surface area contributed by atoms with Gasteiger partial charge in [-0.2, -0.15) is 0 Å². The summed E-state index contributed by atoms with van der Waals surface area (Å²) in [6.07, 6.45) is 0.994. The highest BCUT2D eigenvalue weighted by Gasteiger charge is 2.43. The Kier molecular flexibility index (Phi) is 5.00. The number of hydrogen-bond donors (Lipinski definition) is 3. The molecule has 1 saturated heterocycles. The molecule has 2 amide bonds. The first-order valence-electron chi connectivity index (χ1n) is 6.13. The zero-order valence-corrected chi connectivity index (χ0v) is 13.1. The molecule has 110 valence electrons. The molecular weight excluding hydrogens is 348 g/mol. The Balaban J connectivity index is 1.78. The minimum Gasteiger partial charge on any atom is -0.479 e. The molecule has 0 spiro atoms. The minimum atomic E-state index is -1.30. The van der Waals surface area contributed by atoms with E-state index in [1.54, 1.807) is 11.3 Å². The normalized spacial score (nSPS) is 21.6. The van der Waals surface area contributed by atoms with Crippen LogP contribution in [0.25, 0.3) is 0 Å². The average Bonchev–Trinajstić information content (AvgIpc) is 2.99. The number of urea groups is 1. The van der Waals surface area contributed by atoms with Gasteiger partial charge in [0.2, 0.25) is 0 Å². The number of carbonyl (C=O) groups is 2. The van der Waals surface area contributed by atoms with Gasteiger partial charge in [-0.3, -0.25) is 0 Å². The van der Waals surface area contributed by atoms with Crippen molar-refractivity contribution in [3.8, 4) is 0 Å². The van der Waals surface area contributed by atoms with Crippen molar-refractivity contribution in [1.82, 2.24) is 10.6 Å². The van der Waals surface area contributed by atoms with E-state index in [9.17, 15) is 14.7 Å². The summed E-state index contributed by atoms with van der Waals surface area (Å²) < 4.78 is 6.12. The number of amides is 2. The molecule has 2 rings (SSSR count). The Morgan fingerprint density at radius 2 is 2.30 bits per heavy atom. The van der Waals surface area contributed by atoms with E-state index in [4.69, 9.17) is 4.74 Å². The fourth-order valence-electron chi connectivity index (χ4n) is 1.93. The molecule has 20 heavy (non-hydrogen) atoms. The van der Waals surface area contributed by atoms with E-state index in [0.717, 1.165) is 8.66 Å². The third-order valence-electron chi connectivity index (χ3n) is 3.07. The predicted octanol–water partition coefficient (Wildman–Crippen LogP) is 1.60. The second-order valence-corrected chi connectivity index (χ2v) is 7.07. The van der Waals surface area contributed by atoms with Crippen LogP contribution in [0, 0.1) is 0 Å². The van der Waals surface area contributed by atoms with Gasteiger partial charge in [-0.1, -0.05) is 0 Å². The Labute approximate surface area is 128 Å². The van der Waals surface area contributed by atoms with Crippen LogP contribution in [-0.4, -0.2) is 42.4 Å². The lowest BCUT2D eigenvalue weighted by Gasteiger charge is -2.23. The van der Waals surface area contributed by atoms with Crippen molar-refractivity contribution in [3.63, 3.8) is 0 Å². The van der Waals surface area contributed by atoms with Gasteiger partial charge >= 0.3 is 12.0 Å². The Hall–Kier alpha value is -1.12. The zero-order chi connectivity index (χ0) is 14.6. The maximum Gasteiger partial charge on any atom is 0.332 e. The highest BCUT2D eigenvalue weighted by atomic mass is 79.9. The average molecular weight is 363 g/mol. The molecule has 2 heterocycles. The standard InChI is InChI=1S/C12H15BrN2O4S/c13-9-2-1-8(20-9)3-5-14-11(18)15-12(10(16)17)4-6-19-7-12/h1-2H,3-7H2,(H,16,17)(H2,14,15,18). The number of ether oxygens (including phenoxy) is 1. The van der Waals surface area contributed by atoms with Crippen LogP contribution < -0.4 is 10.6 Å². The zero-order valence-electron chi connectivity index (χ0n) is 10.6. The smallest absolute Gasteiger partial charge is 0.332 e. The SMILES string of the molecule is O=C(NCCc1ccc(Br)s1)NC1(C(=O)O)CCOC1. The lowest BCUT2D eigenvalue weighted by atomic mass is 9.99. The van der Waals surface area contributed by atoms with E-state index < -0.39 is 17.5 Å². The molecule has 0 aliphatic carbocycles. The van der Waals surface area contributed by atoms with Crippen LogP contribution in [0.1, 0.15) is 11.3 Å². The van der Waals surface area contributed by atoms with E-state index in [1.165, 1.54) is 0 Å². The lowest BCUT2D eigenvalue weighted by Crippen LogP contribution is -2.57. The van der Waals surface area contributed by atoms with E-state index in [-0.39, 0.29) is 13.0 Å². The van der Waals surface area contributed by atoms with Crippen LogP contribution in [-0.2, 0) is 16.0 Å². The molecule has 1 unspecified atom stereocenters. The summed E-state index contributed by atoms with van der Waals surface area (Å²) in [5.41, 5.74) is -1.30. The molecule has 0 aromatic carbocycles. The van der Waals surface area contributed by atoms with Crippen molar-refractivity contribution in [3.05, 3.63) is 20.8 Å². The molecule has 1 aliphatic rings. The number of carboxylic acids is 1. The van der Waals surface area contributed by atoms with Crippen molar-refractivity contribution in [2.45, 2.75) is 18.4 Å². The number of hydrogen-bond acceptors (Lipinski definition) is 4. The third-order valence-corrected chi connectivity index (χ3v) is 4.75. The molecule has 0 saturated carbocycles. The lowest BCUT2D eigenvalue weighted by molar-refractivity contribution is -0.144. The summed E-state index contributed by atoms with van der Waals surface area (Å²) in [6.45, 7) is 0.804. The van der Waals surface area contributed by atoms with Crippen LogP contribution in [0.5, 0.6) is 0 Å². The van der Waals surface area contributed by atoms with E-state index in [2.05, 4.69) is 26.6 Å². The van der Waals surface area contributed by atoms with Gasteiger partial charge in [0.25, 0.3) is 0 Å². The molecule has 1 aromatic rings. The van der Waals surface area contributed by atoms with Gasteiger partial charge in [0.05, 0.1) is 10.4 Å². The number of thiophene rings is 1. The number of halogens is 1. The van der Waals surface area contributed by atoms with Gasteiger partial charge in [0, 0.05) is 24.4 Å². The van der Waals surface area contributed by atoms with Gasteiger partial charge in [0.1, 0.15) is 0 Å². The van der Waals surface area contributed by atoms with E-state index in [1.807, 2.05) is 12.1 Å². The molecule has 1 fully saturated rings. The Morgan fingerprint density at radius 3 is 2.85 bits per heavy atom. The van der Waals surface area contributed by atoms with E-state index in [0.29, 0.717) is 19.6 Å². The molecule has 1 aromatic heterocycles. The fraction of sp³-hybridized carbons (Fsp3) is 0.500. The van der Waals surface area contributed by atoms with Crippen molar-refractivity contribution >= 4 is 39.3 Å². The van der Waals surface area contributed by atoms with Gasteiger partial charge in [-0.05, 0) is 34.5 Å². The van der Waals surface area contributed by atoms with Crippen LogP contribution in [0.15, 0.2) is 15.9 Å². The molecule has 6 nitrogen and oxygen atoms in total. The van der Waals surface area contributed by atoms with Crippen LogP contribution in [0.4, 0.5) is 4.79 Å². The largest absolute Gasteiger partial charge is 0.479 e. The number of carbonyl (C=O) groups excluding carboxylic acids is 1. The van der Waals surface area contributed by atoms with Crippen molar-refractivity contribution < 1.29 is 19.4 Å². The van der Waals surface area contributed by atoms with Gasteiger partial charge < -0.3 is 20.5 Å². The topological polar surface area (TPSA) is 87.7 Å². The van der Waals surface area contributed by atoms with Crippen molar-refractivity contribution in [1.29, 1.82) is 0 Å². The first kappa shape index (κ1) is 15.3. The summed E-state index contributed by atoms with van der Waals surface area (Å²) in [6, 6.07) is 3.46. The maximum atomic E-state index is 11.8. The van der Waals surface area contributed by atoms with Crippen LogP contribution in [0.2, 0.25) is 0 Å². The summed E-state index contributed by atoms with van der Waals surface area (Å²) in [5.74, 6) is -1.06. The number of aliphatic carboxylic acids is 1. The molecule has 1 atom stereocenters. The Morgan fingerprint density at radius 1 is 1.50 bits per heavy atom. The summed E-state index contributed by atoms with van der Waals surface area (Å²) in [5, 5.41) is 14.4. The number of carboxylic acid groups (broad SMARTS) is 1. The third kappa shape index (κ3) is 3.71. The number of rotatable bonds is 5. The van der Waals surface area contributed by atoms with Crippen molar-refractivity contribution in [2.24, 2.45) is 0 Å². The summed E-state index contributed by atoms with van der Waals surface area (Å²) >= 11 is 4.98. The highest BCUT2D eigenvalue weighted by Crippen LogP contribution is 2.22. The summed E-state index contributed by atoms with van der Waals surface area (Å²) in [7, 11) is 0.